The van der Waals surface area contributed by atoms with Crippen LogP contribution in [-0.2, 0) is 13.1 Å². The van der Waals surface area contributed by atoms with Crippen molar-refractivity contribution in [2.75, 3.05) is 0 Å². The molecule has 0 N–H and O–H groups in total. The molecule has 2 aromatic carbocycles. The lowest BCUT2D eigenvalue weighted by molar-refractivity contribution is 0.635. The van der Waals surface area contributed by atoms with Crippen molar-refractivity contribution in [2.24, 2.45) is 0 Å². The first-order chi connectivity index (χ1) is 11.7. The fourth-order valence-electron chi connectivity index (χ4n) is 3.01. The summed E-state index contributed by atoms with van der Waals surface area (Å²) in [7, 11) is 0. The van der Waals surface area contributed by atoms with Crippen LogP contribution in [0.15, 0.2) is 53.6 Å². The molecule has 6 heteroatoms. The summed E-state index contributed by atoms with van der Waals surface area (Å²) in [5.74, 6) is 0.279. The van der Waals surface area contributed by atoms with Gasteiger partial charge in [0.2, 0.25) is 0 Å². The highest BCUT2D eigenvalue weighted by Gasteiger charge is 2.14. The molecular formula is C18H15FN4O. The molecule has 4 aromatic rings. The van der Waals surface area contributed by atoms with E-state index >= 15 is 0 Å². The molecule has 0 spiro atoms. The van der Waals surface area contributed by atoms with Gasteiger partial charge in [-0.2, -0.15) is 0 Å². The van der Waals surface area contributed by atoms with Crippen LogP contribution in [0.5, 0.6) is 0 Å². The van der Waals surface area contributed by atoms with Gasteiger partial charge < -0.3 is 4.57 Å². The quantitative estimate of drug-likeness (QED) is 0.583. The average molecular weight is 322 g/mol. The summed E-state index contributed by atoms with van der Waals surface area (Å²) >= 11 is 0. The van der Waals surface area contributed by atoms with Crippen LogP contribution in [0, 0.1) is 5.82 Å². The summed E-state index contributed by atoms with van der Waals surface area (Å²) < 4.78 is 17.4. The number of rotatable bonds is 3. The molecule has 5 nitrogen and oxygen atoms in total. The third-order valence-electron chi connectivity index (χ3n) is 4.17. The van der Waals surface area contributed by atoms with Gasteiger partial charge in [-0.25, -0.2) is 14.4 Å². The van der Waals surface area contributed by atoms with Crippen LogP contribution >= 0.6 is 0 Å². The highest BCUT2D eigenvalue weighted by molar-refractivity contribution is 5.77. The van der Waals surface area contributed by atoms with Crippen molar-refractivity contribution < 1.29 is 4.39 Å². The van der Waals surface area contributed by atoms with Crippen LogP contribution in [0.4, 0.5) is 4.39 Å². The van der Waals surface area contributed by atoms with Crippen molar-refractivity contribution in [3.05, 3.63) is 70.8 Å². The second kappa shape index (κ2) is 5.56. The van der Waals surface area contributed by atoms with Crippen LogP contribution in [0.2, 0.25) is 0 Å². The molecule has 0 unspecified atom stereocenters. The van der Waals surface area contributed by atoms with E-state index in [0.29, 0.717) is 28.8 Å². The molecule has 2 aromatic heterocycles. The highest BCUT2D eigenvalue weighted by atomic mass is 19.1. The summed E-state index contributed by atoms with van der Waals surface area (Å²) in [6.45, 7) is 2.86. The van der Waals surface area contributed by atoms with Crippen molar-refractivity contribution in [2.45, 2.75) is 20.0 Å². The van der Waals surface area contributed by atoms with Gasteiger partial charge in [0, 0.05) is 6.54 Å². The van der Waals surface area contributed by atoms with E-state index in [0.717, 1.165) is 5.52 Å². The van der Waals surface area contributed by atoms with Gasteiger partial charge in [-0.1, -0.05) is 18.2 Å². The van der Waals surface area contributed by atoms with Gasteiger partial charge in [0.25, 0.3) is 5.56 Å². The molecule has 0 fully saturated rings. The van der Waals surface area contributed by atoms with Crippen molar-refractivity contribution in [1.29, 1.82) is 0 Å². The van der Waals surface area contributed by atoms with Gasteiger partial charge in [-0.3, -0.25) is 9.36 Å². The lowest BCUT2D eigenvalue weighted by Gasteiger charge is -2.08. The van der Waals surface area contributed by atoms with Crippen LogP contribution in [0.1, 0.15) is 12.7 Å². The number of imidazole rings is 1. The Morgan fingerprint density at radius 3 is 2.79 bits per heavy atom. The summed E-state index contributed by atoms with van der Waals surface area (Å²) in [5, 5.41) is 0.561. The fraction of sp³-hybridized carbons (Fsp3) is 0.167. The lowest BCUT2D eigenvalue weighted by atomic mass is 10.2. The first-order valence-electron chi connectivity index (χ1n) is 7.77. The van der Waals surface area contributed by atoms with E-state index in [-0.39, 0.29) is 17.9 Å². The minimum absolute atomic E-state index is 0.129. The summed E-state index contributed by atoms with van der Waals surface area (Å²) in [6, 6.07) is 12.1. The van der Waals surface area contributed by atoms with Crippen LogP contribution in [-0.4, -0.2) is 19.1 Å². The molecule has 0 saturated carbocycles. The molecule has 0 saturated heterocycles. The minimum Gasteiger partial charge on any atom is -0.327 e. The Balaban J connectivity index is 1.87. The SMILES string of the molecule is CCn1c(Cn2cnc3ccccc3c2=O)nc2c(F)cccc21. The zero-order valence-corrected chi connectivity index (χ0v) is 13.1. The van der Waals surface area contributed by atoms with E-state index in [4.69, 9.17) is 0 Å². The van der Waals surface area contributed by atoms with E-state index in [9.17, 15) is 9.18 Å². The van der Waals surface area contributed by atoms with Gasteiger partial charge in [0.1, 0.15) is 11.3 Å². The van der Waals surface area contributed by atoms with Crippen molar-refractivity contribution >= 4 is 21.9 Å². The van der Waals surface area contributed by atoms with E-state index in [1.165, 1.54) is 17.0 Å². The number of nitrogens with zero attached hydrogens (tertiary/aromatic N) is 4. The molecule has 0 amide bonds. The molecule has 0 radical (unpaired) electrons. The molecule has 4 rings (SSSR count). The first kappa shape index (κ1) is 14.6. The summed E-state index contributed by atoms with van der Waals surface area (Å²) in [6.07, 6.45) is 1.51. The number of para-hydroxylation sites is 2. The zero-order valence-electron chi connectivity index (χ0n) is 13.1. The second-order valence-electron chi connectivity index (χ2n) is 5.57. The molecule has 0 bridgehead atoms. The number of halogens is 1. The maximum absolute atomic E-state index is 14.0. The highest BCUT2D eigenvalue weighted by Crippen LogP contribution is 2.19. The Hall–Kier alpha value is -3.02. The van der Waals surface area contributed by atoms with Gasteiger partial charge >= 0.3 is 0 Å². The lowest BCUT2D eigenvalue weighted by Crippen LogP contribution is -2.22. The molecular weight excluding hydrogens is 307 g/mol. The van der Waals surface area contributed by atoms with Crippen LogP contribution in [0.3, 0.4) is 0 Å². The van der Waals surface area contributed by atoms with Crippen molar-refractivity contribution in [1.82, 2.24) is 19.1 Å². The minimum atomic E-state index is -0.357. The number of fused-ring (bicyclic) bond motifs is 2. The first-order valence-corrected chi connectivity index (χ1v) is 7.77. The number of hydrogen-bond donors (Lipinski definition) is 0. The van der Waals surface area contributed by atoms with Gasteiger partial charge in [0.15, 0.2) is 5.82 Å². The molecule has 120 valence electrons. The Morgan fingerprint density at radius 2 is 1.96 bits per heavy atom. The predicted octanol–water partition coefficient (Wildman–Crippen LogP) is 2.95. The normalized spacial score (nSPS) is 11.4. The Morgan fingerprint density at radius 1 is 1.12 bits per heavy atom. The summed E-state index contributed by atoms with van der Waals surface area (Å²) in [5.41, 5.74) is 1.59. The Bertz CT molecular complexity index is 1110. The van der Waals surface area contributed by atoms with Crippen LogP contribution < -0.4 is 5.56 Å². The van der Waals surface area contributed by atoms with Gasteiger partial charge in [-0.05, 0) is 31.2 Å². The van der Waals surface area contributed by atoms with Gasteiger partial charge in [0.05, 0.1) is 29.3 Å². The van der Waals surface area contributed by atoms with E-state index < -0.39 is 0 Å². The Kier molecular flexibility index (Phi) is 3.37. The molecule has 0 atom stereocenters. The largest absolute Gasteiger partial charge is 0.327 e. The van der Waals surface area contributed by atoms with Gasteiger partial charge in [-0.15, -0.1) is 0 Å². The third kappa shape index (κ3) is 2.19. The van der Waals surface area contributed by atoms with E-state index in [1.807, 2.05) is 29.7 Å². The Labute approximate surface area is 137 Å². The van der Waals surface area contributed by atoms with Crippen LogP contribution in [0.25, 0.3) is 21.9 Å². The number of aryl methyl sites for hydroxylation is 1. The fourth-order valence-corrected chi connectivity index (χ4v) is 3.01. The monoisotopic (exact) mass is 322 g/mol. The van der Waals surface area contributed by atoms with E-state index in [2.05, 4.69) is 9.97 Å². The topological polar surface area (TPSA) is 52.7 Å². The molecule has 0 aliphatic heterocycles. The van der Waals surface area contributed by atoms with E-state index in [1.54, 1.807) is 18.2 Å². The molecule has 2 heterocycles. The number of benzene rings is 2. The standard InChI is InChI=1S/C18H15FN4O/c1-2-23-15-9-5-7-13(19)17(15)21-16(23)10-22-11-20-14-8-4-3-6-12(14)18(22)24/h3-9,11H,2,10H2,1H3. The molecule has 24 heavy (non-hydrogen) atoms. The third-order valence-corrected chi connectivity index (χ3v) is 4.17. The number of aromatic nitrogens is 4. The van der Waals surface area contributed by atoms with Crippen molar-refractivity contribution in [3.8, 4) is 0 Å². The molecule has 0 aliphatic carbocycles. The average Bonchev–Trinajstić information content (AvgIpc) is 2.96. The smallest absolute Gasteiger partial charge is 0.261 e. The maximum atomic E-state index is 14.0. The maximum Gasteiger partial charge on any atom is 0.261 e. The predicted molar refractivity (Wildman–Crippen MR) is 90.5 cm³/mol. The van der Waals surface area contributed by atoms with Crippen molar-refractivity contribution in [3.63, 3.8) is 0 Å². The zero-order chi connectivity index (χ0) is 16.7. The molecule has 0 aliphatic rings. The summed E-state index contributed by atoms with van der Waals surface area (Å²) in [4.78, 5) is 21.3. The second-order valence-corrected chi connectivity index (χ2v) is 5.57. The number of hydrogen-bond acceptors (Lipinski definition) is 3.